The lowest BCUT2D eigenvalue weighted by Gasteiger charge is -2.34. The van der Waals surface area contributed by atoms with Gasteiger partial charge in [0, 0.05) is 26.2 Å². The second kappa shape index (κ2) is 8.10. The number of rotatable bonds is 5. The number of carbonyl (C=O) groups is 3. The van der Waals surface area contributed by atoms with Gasteiger partial charge in [-0.1, -0.05) is 18.5 Å². The number of carbonyl (C=O) groups excluding carboxylic acids is 3. The Hall–Kier alpha value is -2.38. The molecular formula is C19H22ClN3O4. The molecule has 2 aliphatic rings. The maximum absolute atomic E-state index is 12.9. The number of hydrogen-bond acceptors (Lipinski definition) is 6. The summed E-state index contributed by atoms with van der Waals surface area (Å²) in [7, 11) is 2.01. The van der Waals surface area contributed by atoms with Gasteiger partial charge in [-0.05, 0) is 37.7 Å². The van der Waals surface area contributed by atoms with Gasteiger partial charge in [0.05, 0.1) is 17.9 Å². The average molecular weight is 392 g/mol. The van der Waals surface area contributed by atoms with Crippen LogP contribution < -0.4 is 4.90 Å². The highest BCUT2D eigenvalue weighted by Gasteiger charge is 2.41. The second-order valence-electron chi connectivity index (χ2n) is 6.58. The summed E-state index contributed by atoms with van der Waals surface area (Å²) < 4.78 is 5.08. The third-order valence-electron chi connectivity index (χ3n) is 4.62. The zero-order chi connectivity index (χ0) is 19.6. The van der Waals surface area contributed by atoms with Crippen LogP contribution in [0.2, 0.25) is 0 Å². The van der Waals surface area contributed by atoms with Crippen LogP contribution in [0.1, 0.15) is 23.7 Å². The van der Waals surface area contributed by atoms with E-state index in [-0.39, 0.29) is 10.7 Å². The van der Waals surface area contributed by atoms with Crippen molar-refractivity contribution < 1.29 is 19.1 Å². The molecule has 1 aromatic rings. The highest BCUT2D eigenvalue weighted by molar-refractivity contribution is 6.52. The first kappa shape index (κ1) is 19.4. The Balaban J connectivity index is 1.77. The van der Waals surface area contributed by atoms with Gasteiger partial charge in [0.25, 0.3) is 11.8 Å². The minimum atomic E-state index is -0.545. The monoisotopic (exact) mass is 391 g/mol. The van der Waals surface area contributed by atoms with Crippen LogP contribution in [0.3, 0.4) is 0 Å². The van der Waals surface area contributed by atoms with Gasteiger partial charge in [0.15, 0.2) is 0 Å². The minimum Gasteiger partial charge on any atom is -0.462 e. The fourth-order valence-electron chi connectivity index (χ4n) is 3.05. The first-order valence-corrected chi connectivity index (χ1v) is 9.31. The number of imide groups is 1. The first-order valence-electron chi connectivity index (χ1n) is 8.93. The van der Waals surface area contributed by atoms with E-state index in [2.05, 4.69) is 4.90 Å². The molecule has 0 radical (unpaired) electrons. The molecular weight excluding hydrogens is 370 g/mol. The number of anilines is 1. The lowest BCUT2D eigenvalue weighted by Crippen LogP contribution is -2.46. The number of halogens is 1. The predicted octanol–water partition coefficient (Wildman–Crippen LogP) is 1.82. The molecule has 8 heteroatoms. The maximum Gasteiger partial charge on any atom is 0.338 e. The fraction of sp³-hybridized carbons (Fsp3) is 0.421. The van der Waals surface area contributed by atoms with E-state index in [0.717, 1.165) is 24.4 Å². The Bertz CT molecular complexity index is 783. The Kier molecular flexibility index (Phi) is 5.82. The number of ether oxygens (including phenoxy) is 1. The van der Waals surface area contributed by atoms with Crippen molar-refractivity contribution in [2.75, 3.05) is 44.7 Å². The molecule has 0 unspecified atom stereocenters. The number of esters is 1. The number of benzene rings is 1. The van der Waals surface area contributed by atoms with Crippen molar-refractivity contribution in [3.8, 4) is 0 Å². The Morgan fingerprint density at radius 3 is 2.30 bits per heavy atom. The van der Waals surface area contributed by atoms with Gasteiger partial charge in [-0.2, -0.15) is 0 Å². The van der Waals surface area contributed by atoms with Crippen molar-refractivity contribution >= 4 is 35.1 Å². The number of amides is 2. The molecule has 2 amide bonds. The molecule has 2 heterocycles. The highest BCUT2D eigenvalue weighted by Crippen LogP contribution is 2.31. The van der Waals surface area contributed by atoms with Crippen molar-refractivity contribution in [1.29, 1.82) is 0 Å². The van der Waals surface area contributed by atoms with Gasteiger partial charge in [-0.15, -0.1) is 0 Å². The standard InChI is InChI=1S/C19H22ClN3O4/c1-3-12-27-19(26)13-4-6-14(7-5-13)23-17(24)15(20)16(18(23)25)22-10-8-21(2)9-11-22/h4-7H,3,8-12H2,1-2H3. The summed E-state index contributed by atoms with van der Waals surface area (Å²) in [5, 5.41) is -0.0593. The van der Waals surface area contributed by atoms with Crippen LogP contribution in [0.15, 0.2) is 35.0 Å². The van der Waals surface area contributed by atoms with Crippen LogP contribution in [-0.4, -0.2) is 67.4 Å². The first-order chi connectivity index (χ1) is 12.9. The molecule has 0 spiro atoms. The summed E-state index contributed by atoms with van der Waals surface area (Å²) >= 11 is 6.22. The van der Waals surface area contributed by atoms with E-state index in [1.807, 2.05) is 18.9 Å². The third kappa shape index (κ3) is 3.84. The molecule has 0 bridgehead atoms. The van der Waals surface area contributed by atoms with Crippen LogP contribution in [0.25, 0.3) is 0 Å². The van der Waals surface area contributed by atoms with Crippen LogP contribution in [0, 0.1) is 0 Å². The average Bonchev–Trinajstić information content (AvgIpc) is 2.90. The molecule has 144 valence electrons. The minimum absolute atomic E-state index is 0.0593. The number of likely N-dealkylation sites (N-methyl/N-ethyl adjacent to an activating group) is 1. The summed E-state index contributed by atoms with van der Waals surface area (Å²) in [4.78, 5) is 42.4. The SMILES string of the molecule is CCCOC(=O)c1ccc(N2C(=O)C(Cl)=C(N3CCN(C)CC3)C2=O)cc1. The maximum atomic E-state index is 12.9. The summed E-state index contributed by atoms with van der Waals surface area (Å²) in [6, 6.07) is 6.18. The summed E-state index contributed by atoms with van der Waals surface area (Å²) in [5.41, 5.74) is 0.991. The zero-order valence-corrected chi connectivity index (χ0v) is 16.2. The van der Waals surface area contributed by atoms with E-state index in [4.69, 9.17) is 16.3 Å². The molecule has 1 saturated heterocycles. The van der Waals surface area contributed by atoms with E-state index in [1.165, 1.54) is 12.1 Å². The highest BCUT2D eigenvalue weighted by atomic mass is 35.5. The predicted molar refractivity (Wildman–Crippen MR) is 101 cm³/mol. The third-order valence-corrected chi connectivity index (χ3v) is 4.96. The molecule has 0 saturated carbocycles. The quantitative estimate of drug-likeness (QED) is 0.563. The van der Waals surface area contributed by atoms with E-state index < -0.39 is 17.8 Å². The van der Waals surface area contributed by atoms with Crippen molar-refractivity contribution in [3.63, 3.8) is 0 Å². The van der Waals surface area contributed by atoms with Gasteiger partial charge >= 0.3 is 5.97 Å². The van der Waals surface area contributed by atoms with Gasteiger partial charge in [-0.3, -0.25) is 9.59 Å². The number of piperazine rings is 1. The lowest BCUT2D eigenvalue weighted by molar-refractivity contribution is -0.121. The molecule has 27 heavy (non-hydrogen) atoms. The van der Waals surface area contributed by atoms with Crippen LogP contribution in [0.4, 0.5) is 5.69 Å². The van der Waals surface area contributed by atoms with E-state index in [1.54, 1.807) is 12.1 Å². The number of hydrogen-bond donors (Lipinski definition) is 0. The Morgan fingerprint density at radius 2 is 1.70 bits per heavy atom. The largest absolute Gasteiger partial charge is 0.462 e. The van der Waals surface area contributed by atoms with Crippen molar-refractivity contribution in [2.45, 2.75) is 13.3 Å². The Labute approximate surface area is 163 Å². The normalized spacial score (nSPS) is 18.5. The molecule has 1 fully saturated rings. The van der Waals surface area contributed by atoms with E-state index in [9.17, 15) is 14.4 Å². The Morgan fingerprint density at radius 1 is 1.07 bits per heavy atom. The van der Waals surface area contributed by atoms with E-state index >= 15 is 0 Å². The summed E-state index contributed by atoms with van der Waals surface area (Å²) in [5.74, 6) is -1.41. The molecule has 0 aromatic heterocycles. The lowest BCUT2D eigenvalue weighted by atomic mass is 10.2. The molecule has 0 aliphatic carbocycles. The molecule has 0 atom stereocenters. The van der Waals surface area contributed by atoms with Gasteiger partial charge in [-0.25, -0.2) is 9.69 Å². The van der Waals surface area contributed by atoms with Crippen molar-refractivity contribution in [3.05, 3.63) is 40.6 Å². The van der Waals surface area contributed by atoms with Crippen molar-refractivity contribution in [2.24, 2.45) is 0 Å². The van der Waals surface area contributed by atoms with Crippen LogP contribution >= 0.6 is 11.6 Å². The van der Waals surface area contributed by atoms with Crippen LogP contribution in [-0.2, 0) is 14.3 Å². The van der Waals surface area contributed by atoms with Gasteiger partial charge in [0.1, 0.15) is 10.7 Å². The van der Waals surface area contributed by atoms with Crippen molar-refractivity contribution in [1.82, 2.24) is 9.80 Å². The summed E-state index contributed by atoms with van der Waals surface area (Å²) in [6.45, 7) is 5.12. The van der Waals surface area contributed by atoms with E-state index in [0.29, 0.717) is 30.9 Å². The molecule has 2 aliphatic heterocycles. The second-order valence-corrected chi connectivity index (χ2v) is 6.96. The molecule has 1 aromatic carbocycles. The topological polar surface area (TPSA) is 70.2 Å². The molecule has 0 N–H and O–H groups in total. The summed E-state index contributed by atoms with van der Waals surface area (Å²) in [6.07, 6.45) is 0.736. The fourth-order valence-corrected chi connectivity index (χ4v) is 3.34. The zero-order valence-electron chi connectivity index (χ0n) is 15.4. The van der Waals surface area contributed by atoms with Gasteiger partial charge in [0.2, 0.25) is 0 Å². The smallest absolute Gasteiger partial charge is 0.338 e. The van der Waals surface area contributed by atoms with Gasteiger partial charge < -0.3 is 14.5 Å². The number of nitrogens with zero attached hydrogens (tertiary/aromatic N) is 3. The van der Waals surface area contributed by atoms with Crippen LogP contribution in [0.5, 0.6) is 0 Å². The molecule has 7 nitrogen and oxygen atoms in total. The molecule has 3 rings (SSSR count).